The number of likely N-dealkylation sites (N-methyl/N-ethyl adjacent to an activating group) is 1. The molecule has 0 radical (unpaired) electrons. The van der Waals surface area contributed by atoms with Gasteiger partial charge in [-0.3, -0.25) is 14.5 Å². The van der Waals surface area contributed by atoms with Crippen LogP contribution in [0.25, 0.3) is 21.5 Å². The maximum absolute atomic E-state index is 12.4. The highest BCUT2D eigenvalue weighted by Crippen LogP contribution is 2.25. The number of benzene rings is 4. The number of nitrogens with zero attached hydrogens (tertiary/aromatic N) is 1. The zero-order valence-electron chi connectivity index (χ0n) is 28.4. The first-order valence-electron chi connectivity index (χ1n) is 16.2. The Morgan fingerprint density at radius 1 is 0.712 bits per heavy atom. The van der Waals surface area contributed by atoms with Gasteiger partial charge in [0.1, 0.15) is 11.5 Å². The fourth-order valence-corrected chi connectivity index (χ4v) is 4.86. The Hall–Kier alpha value is -6.50. The normalized spacial score (nSPS) is 13.5. The first-order chi connectivity index (χ1) is 25.0. The monoisotopic (exact) mass is 711 g/mol. The van der Waals surface area contributed by atoms with Gasteiger partial charge in [-0.1, -0.05) is 37.4 Å². The Kier molecular flexibility index (Phi) is 13.6. The number of carbonyl (C=O) groups excluding carboxylic acids is 5. The lowest BCUT2D eigenvalue weighted by molar-refractivity contribution is -0.140. The lowest BCUT2D eigenvalue weighted by atomic mass is 10.1. The second-order valence-electron chi connectivity index (χ2n) is 11.3. The Morgan fingerprint density at radius 2 is 1.17 bits per heavy atom. The average Bonchev–Trinajstić information content (AvgIpc) is 3.39. The van der Waals surface area contributed by atoms with Crippen molar-refractivity contribution in [3.63, 3.8) is 0 Å². The van der Waals surface area contributed by atoms with E-state index in [1.54, 1.807) is 54.6 Å². The summed E-state index contributed by atoms with van der Waals surface area (Å²) in [4.78, 5) is 69.5. The third-order valence-electron chi connectivity index (χ3n) is 7.63. The third-order valence-corrected chi connectivity index (χ3v) is 7.63. The Morgan fingerprint density at radius 3 is 1.63 bits per heavy atom. The summed E-state index contributed by atoms with van der Waals surface area (Å²) in [5.41, 5.74) is 0.542. The fraction of sp³-hybridized carbons (Fsp3) is 0.231. The smallest absolute Gasteiger partial charge is 0.338 e. The van der Waals surface area contributed by atoms with Gasteiger partial charge < -0.3 is 28.8 Å². The molecule has 52 heavy (non-hydrogen) atoms. The molecule has 13 heteroatoms. The topological polar surface area (TPSA) is 172 Å². The Bertz CT molecular complexity index is 2000. The van der Waals surface area contributed by atoms with E-state index >= 15 is 0 Å². The molecule has 4 aromatic carbocycles. The van der Waals surface area contributed by atoms with Crippen LogP contribution in [0.1, 0.15) is 40.0 Å². The highest BCUT2D eigenvalue weighted by atomic mass is 16.6. The SMILES string of the molecule is C=CC(=O)OCCCOc1ccc2cc(C(=O)O)ccc2c1.C=CC(=O)OCCCOc1ccc2cc(C(=O)OC3CC(=O)N(C)C3=O)ccc2c1. The van der Waals surface area contributed by atoms with Gasteiger partial charge in [0.25, 0.3) is 5.91 Å². The van der Waals surface area contributed by atoms with Gasteiger partial charge in [0.05, 0.1) is 44.0 Å². The summed E-state index contributed by atoms with van der Waals surface area (Å²) in [5, 5.41) is 12.3. The quantitative estimate of drug-likeness (QED) is 0.0556. The molecule has 1 heterocycles. The number of carboxylic acids is 1. The molecule has 2 amide bonds. The van der Waals surface area contributed by atoms with Crippen LogP contribution in [-0.4, -0.2) is 85.3 Å². The van der Waals surface area contributed by atoms with Crippen LogP contribution >= 0.6 is 0 Å². The summed E-state index contributed by atoms with van der Waals surface area (Å²) in [6, 6.07) is 20.8. The van der Waals surface area contributed by atoms with Crippen molar-refractivity contribution in [3.8, 4) is 11.5 Å². The first kappa shape index (κ1) is 38.3. The van der Waals surface area contributed by atoms with Gasteiger partial charge in [0.2, 0.25) is 5.91 Å². The Labute approximate surface area is 298 Å². The number of hydrogen-bond acceptors (Lipinski definition) is 11. The molecule has 4 aromatic rings. The van der Waals surface area contributed by atoms with Crippen LogP contribution < -0.4 is 9.47 Å². The van der Waals surface area contributed by atoms with Crippen LogP contribution in [0.2, 0.25) is 0 Å². The van der Waals surface area contributed by atoms with E-state index in [0.29, 0.717) is 37.6 Å². The second-order valence-corrected chi connectivity index (χ2v) is 11.3. The predicted molar refractivity (Wildman–Crippen MR) is 189 cm³/mol. The van der Waals surface area contributed by atoms with Crippen molar-refractivity contribution in [3.05, 3.63) is 109 Å². The van der Waals surface area contributed by atoms with E-state index in [0.717, 1.165) is 38.6 Å². The van der Waals surface area contributed by atoms with Gasteiger partial charge in [0, 0.05) is 32.0 Å². The number of aromatic carboxylic acids is 1. The van der Waals surface area contributed by atoms with Gasteiger partial charge in [-0.25, -0.2) is 19.2 Å². The van der Waals surface area contributed by atoms with Gasteiger partial charge in [0.15, 0.2) is 6.10 Å². The lowest BCUT2D eigenvalue weighted by Crippen LogP contribution is -2.30. The second kappa shape index (κ2) is 18.5. The van der Waals surface area contributed by atoms with Crippen molar-refractivity contribution in [1.82, 2.24) is 4.90 Å². The molecule has 1 unspecified atom stereocenters. The van der Waals surface area contributed by atoms with Crippen LogP contribution in [0.4, 0.5) is 0 Å². The first-order valence-corrected chi connectivity index (χ1v) is 16.2. The highest BCUT2D eigenvalue weighted by molar-refractivity contribution is 6.06. The predicted octanol–water partition coefficient (Wildman–Crippen LogP) is 5.29. The molecule has 0 aromatic heterocycles. The highest BCUT2D eigenvalue weighted by Gasteiger charge is 2.39. The molecule has 0 spiro atoms. The van der Waals surface area contributed by atoms with Crippen molar-refractivity contribution in [1.29, 1.82) is 0 Å². The lowest BCUT2D eigenvalue weighted by Gasteiger charge is -2.11. The molecule has 1 fully saturated rings. The van der Waals surface area contributed by atoms with Crippen LogP contribution in [0.5, 0.6) is 11.5 Å². The number of imide groups is 1. The Balaban J connectivity index is 0.000000244. The zero-order valence-corrected chi connectivity index (χ0v) is 28.4. The van der Waals surface area contributed by atoms with E-state index in [9.17, 15) is 28.8 Å². The molecule has 270 valence electrons. The maximum atomic E-state index is 12.4. The number of rotatable bonds is 15. The van der Waals surface area contributed by atoms with E-state index in [1.807, 2.05) is 18.2 Å². The van der Waals surface area contributed by atoms with Crippen molar-refractivity contribution in [2.24, 2.45) is 0 Å². The molecule has 0 aliphatic carbocycles. The van der Waals surface area contributed by atoms with Gasteiger partial charge in [-0.2, -0.15) is 0 Å². The molecule has 1 saturated heterocycles. The summed E-state index contributed by atoms with van der Waals surface area (Å²) in [5.74, 6) is -2.08. The number of hydrogen-bond donors (Lipinski definition) is 1. The van der Waals surface area contributed by atoms with Gasteiger partial charge in [-0.05, 0) is 70.1 Å². The standard InChI is InChI=1S/C22H21NO7.C17H16O5/c1-3-20(25)29-10-4-9-28-17-8-7-14-11-16(6-5-15(14)12-17)22(27)30-18-13-19(24)23(2)21(18)26;1-2-16(18)22-9-3-8-21-15-7-6-12-10-14(17(19)20)5-4-13(12)11-15/h3,5-8,11-12,18H,1,4,9-10,13H2,2H3;2,4-7,10-11H,1,3,8-9H2,(H,19,20). The summed E-state index contributed by atoms with van der Waals surface area (Å²) in [6.45, 7) is 7.95. The number of carboxylic acid groups (broad SMARTS) is 1. The maximum Gasteiger partial charge on any atom is 0.338 e. The van der Waals surface area contributed by atoms with Gasteiger partial charge in [-0.15, -0.1) is 0 Å². The van der Waals surface area contributed by atoms with Crippen molar-refractivity contribution in [2.45, 2.75) is 25.4 Å². The third kappa shape index (κ3) is 10.7. The van der Waals surface area contributed by atoms with Crippen molar-refractivity contribution in [2.75, 3.05) is 33.5 Å². The number of esters is 3. The van der Waals surface area contributed by atoms with Crippen LogP contribution in [0.3, 0.4) is 0 Å². The molecule has 1 aliphatic rings. The summed E-state index contributed by atoms with van der Waals surface area (Å²) < 4.78 is 26.1. The van der Waals surface area contributed by atoms with Crippen LogP contribution in [-0.2, 0) is 33.4 Å². The molecule has 0 saturated carbocycles. The van der Waals surface area contributed by atoms with E-state index in [4.69, 9.17) is 28.8 Å². The molecule has 0 bridgehead atoms. The van der Waals surface area contributed by atoms with Crippen LogP contribution in [0, 0.1) is 0 Å². The molecular formula is C39H37NO12. The van der Waals surface area contributed by atoms with E-state index in [2.05, 4.69) is 13.2 Å². The largest absolute Gasteiger partial charge is 0.493 e. The van der Waals surface area contributed by atoms with E-state index in [1.165, 1.54) is 7.05 Å². The number of fused-ring (bicyclic) bond motifs is 2. The van der Waals surface area contributed by atoms with Crippen molar-refractivity contribution >= 4 is 57.2 Å². The summed E-state index contributed by atoms with van der Waals surface area (Å²) >= 11 is 0. The number of likely N-dealkylation sites (tertiary alicyclic amines) is 1. The molecule has 13 nitrogen and oxygen atoms in total. The van der Waals surface area contributed by atoms with Gasteiger partial charge >= 0.3 is 23.9 Å². The minimum atomic E-state index is -1.08. The minimum Gasteiger partial charge on any atom is -0.493 e. The fourth-order valence-electron chi connectivity index (χ4n) is 4.86. The minimum absolute atomic E-state index is 0.137. The molecule has 1 atom stereocenters. The summed E-state index contributed by atoms with van der Waals surface area (Å²) in [6.07, 6.45) is 2.14. The zero-order chi connectivity index (χ0) is 37.6. The molecule has 1 N–H and O–H groups in total. The molecule has 5 rings (SSSR count). The summed E-state index contributed by atoms with van der Waals surface area (Å²) in [7, 11) is 1.36. The van der Waals surface area contributed by atoms with Crippen LogP contribution in [0.15, 0.2) is 98.1 Å². The van der Waals surface area contributed by atoms with Crippen molar-refractivity contribution < 1.29 is 57.6 Å². The number of amides is 2. The van der Waals surface area contributed by atoms with E-state index < -0.39 is 35.9 Å². The van der Waals surface area contributed by atoms with E-state index in [-0.39, 0.29) is 36.7 Å². The average molecular weight is 712 g/mol. The molecular weight excluding hydrogens is 674 g/mol. The number of ether oxygens (including phenoxy) is 5. The molecule has 1 aliphatic heterocycles. The number of carbonyl (C=O) groups is 6.